The molecule has 0 bridgehead atoms. The maximum absolute atomic E-state index is 3.62. The highest BCUT2D eigenvalue weighted by Crippen LogP contribution is 2.32. The van der Waals surface area contributed by atoms with Crippen LogP contribution in [0.4, 0.5) is 0 Å². The van der Waals surface area contributed by atoms with Crippen LogP contribution in [0.3, 0.4) is 0 Å². The predicted molar refractivity (Wildman–Crippen MR) is 52.0 cm³/mol. The third-order valence-electron chi connectivity index (χ3n) is 3.20. The summed E-state index contributed by atoms with van der Waals surface area (Å²) in [6.45, 7) is 3.55. The highest BCUT2D eigenvalue weighted by molar-refractivity contribution is 5.16. The van der Waals surface area contributed by atoms with Crippen LogP contribution in [0.5, 0.6) is 0 Å². The highest BCUT2D eigenvalue weighted by Gasteiger charge is 2.34. The molecule has 1 heteroatoms. The Hall–Kier alpha value is -0.560. The Morgan fingerprint density at radius 2 is 2.33 bits per heavy atom. The van der Waals surface area contributed by atoms with Gasteiger partial charge < -0.3 is 5.32 Å². The molecule has 0 aromatic heterocycles. The van der Waals surface area contributed by atoms with Gasteiger partial charge in [-0.05, 0) is 38.6 Å². The molecule has 0 aromatic carbocycles. The maximum atomic E-state index is 3.62. The van der Waals surface area contributed by atoms with E-state index in [9.17, 15) is 0 Å². The second-order valence-corrected chi connectivity index (χ2v) is 4.10. The summed E-state index contributed by atoms with van der Waals surface area (Å²) in [6.07, 6.45) is 12.8. The molecule has 2 aliphatic rings. The van der Waals surface area contributed by atoms with E-state index in [1.54, 1.807) is 0 Å². The molecule has 1 N–H and O–H groups in total. The lowest BCUT2D eigenvalue weighted by Gasteiger charge is -2.32. The van der Waals surface area contributed by atoms with Gasteiger partial charge in [0.25, 0.3) is 0 Å². The van der Waals surface area contributed by atoms with E-state index < -0.39 is 0 Å². The fraction of sp³-hybridized carbons (Fsp3) is 0.636. The largest absolute Gasteiger partial charge is 0.311 e. The van der Waals surface area contributed by atoms with Crippen molar-refractivity contribution >= 4 is 0 Å². The molecule has 1 aliphatic heterocycles. The minimum atomic E-state index is 0.376. The quantitative estimate of drug-likeness (QED) is 0.625. The summed E-state index contributed by atoms with van der Waals surface area (Å²) >= 11 is 0. The van der Waals surface area contributed by atoms with Crippen LogP contribution in [0.15, 0.2) is 24.3 Å². The van der Waals surface area contributed by atoms with Gasteiger partial charge in [-0.1, -0.05) is 24.3 Å². The molecule has 1 saturated heterocycles. The van der Waals surface area contributed by atoms with Crippen LogP contribution >= 0.6 is 0 Å². The Morgan fingerprint density at radius 1 is 1.42 bits per heavy atom. The van der Waals surface area contributed by atoms with Crippen LogP contribution in [0.2, 0.25) is 0 Å². The van der Waals surface area contributed by atoms with Gasteiger partial charge in [0, 0.05) is 5.54 Å². The Balaban J connectivity index is 2.07. The van der Waals surface area contributed by atoms with Crippen LogP contribution in [0.25, 0.3) is 0 Å². The summed E-state index contributed by atoms with van der Waals surface area (Å²) in [5.41, 5.74) is 0.376. The van der Waals surface area contributed by atoms with E-state index in [2.05, 4.69) is 36.5 Å². The van der Waals surface area contributed by atoms with Crippen LogP contribution < -0.4 is 5.32 Å². The normalized spacial score (nSPS) is 40.6. The van der Waals surface area contributed by atoms with Crippen molar-refractivity contribution in [3.8, 4) is 0 Å². The van der Waals surface area contributed by atoms with E-state index in [1.807, 2.05) is 0 Å². The number of allylic oxidation sites excluding steroid dienone is 3. The maximum Gasteiger partial charge on any atom is 0.0219 e. The predicted octanol–water partition coefficient (Wildman–Crippen LogP) is 2.26. The lowest BCUT2D eigenvalue weighted by Crippen LogP contribution is -2.43. The fourth-order valence-electron chi connectivity index (χ4n) is 2.29. The van der Waals surface area contributed by atoms with E-state index in [-0.39, 0.29) is 0 Å². The SMILES string of the molecule is CC1([C@H]2C=CC=CC2)CCCN1. The molecule has 1 aliphatic carbocycles. The Labute approximate surface area is 74.5 Å². The van der Waals surface area contributed by atoms with Gasteiger partial charge in [0.2, 0.25) is 0 Å². The summed E-state index contributed by atoms with van der Waals surface area (Å²) in [5, 5.41) is 3.62. The molecule has 2 atom stereocenters. The molecule has 1 fully saturated rings. The third-order valence-corrected chi connectivity index (χ3v) is 3.20. The molecule has 0 aromatic rings. The summed E-state index contributed by atoms with van der Waals surface area (Å²) in [4.78, 5) is 0. The monoisotopic (exact) mass is 163 g/mol. The lowest BCUT2D eigenvalue weighted by atomic mass is 9.80. The fourth-order valence-corrected chi connectivity index (χ4v) is 2.29. The first kappa shape index (κ1) is 8.06. The lowest BCUT2D eigenvalue weighted by molar-refractivity contribution is 0.310. The average molecular weight is 163 g/mol. The second-order valence-electron chi connectivity index (χ2n) is 4.10. The summed E-state index contributed by atoms with van der Waals surface area (Å²) in [6, 6.07) is 0. The first-order valence-corrected chi connectivity index (χ1v) is 4.90. The van der Waals surface area contributed by atoms with Crippen molar-refractivity contribution < 1.29 is 0 Å². The zero-order valence-electron chi connectivity index (χ0n) is 7.72. The van der Waals surface area contributed by atoms with Crippen LogP contribution in [0.1, 0.15) is 26.2 Å². The molecule has 12 heavy (non-hydrogen) atoms. The van der Waals surface area contributed by atoms with Gasteiger partial charge >= 0.3 is 0 Å². The first-order chi connectivity index (χ1) is 5.81. The van der Waals surface area contributed by atoms with E-state index >= 15 is 0 Å². The Morgan fingerprint density at radius 3 is 2.92 bits per heavy atom. The van der Waals surface area contributed by atoms with Crippen LogP contribution in [0, 0.1) is 5.92 Å². The minimum absolute atomic E-state index is 0.376. The molecular weight excluding hydrogens is 146 g/mol. The van der Waals surface area contributed by atoms with Crippen molar-refractivity contribution in [3.05, 3.63) is 24.3 Å². The molecule has 1 nitrogen and oxygen atoms in total. The van der Waals surface area contributed by atoms with Crippen molar-refractivity contribution in [2.45, 2.75) is 31.7 Å². The third kappa shape index (κ3) is 1.34. The average Bonchev–Trinajstić information content (AvgIpc) is 2.55. The zero-order chi connectivity index (χ0) is 8.44. The van der Waals surface area contributed by atoms with Crippen molar-refractivity contribution in [1.29, 1.82) is 0 Å². The van der Waals surface area contributed by atoms with Gasteiger partial charge in [-0.15, -0.1) is 0 Å². The van der Waals surface area contributed by atoms with Crippen molar-refractivity contribution in [2.75, 3.05) is 6.54 Å². The van der Waals surface area contributed by atoms with Crippen molar-refractivity contribution in [2.24, 2.45) is 5.92 Å². The molecule has 1 heterocycles. The van der Waals surface area contributed by atoms with Crippen molar-refractivity contribution in [3.63, 3.8) is 0 Å². The van der Waals surface area contributed by atoms with E-state index in [0.717, 1.165) is 0 Å². The van der Waals surface area contributed by atoms with Gasteiger partial charge in [-0.25, -0.2) is 0 Å². The minimum Gasteiger partial charge on any atom is -0.311 e. The molecule has 0 spiro atoms. The molecule has 66 valence electrons. The number of hydrogen-bond donors (Lipinski definition) is 1. The van der Waals surface area contributed by atoms with Crippen molar-refractivity contribution in [1.82, 2.24) is 5.32 Å². The van der Waals surface area contributed by atoms with E-state index in [0.29, 0.717) is 11.5 Å². The Bertz CT molecular complexity index is 209. The standard InChI is InChI=1S/C11H17N/c1-11(8-5-9-12-11)10-6-3-2-4-7-10/h2-4,6,10,12H,5,7-9H2,1H3/t10-,11?/m0/s1. The number of nitrogens with one attached hydrogen (secondary N) is 1. The number of rotatable bonds is 1. The smallest absolute Gasteiger partial charge is 0.0219 e. The van der Waals surface area contributed by atoms with E-state index in [1.165, 1.54) is 25.8 Å². The van der Waals surface area contributed by atoms with Gasteiger partial charge in [0.15, 0.2) is 0 Å². The molecule has 0 amide bonds. The molecule has 1 unspecified atom stereocenters. The van der Waals surface area contributed by atoms with Crippen LogP contribution in [-0.4, -0.2) is 12.1 Å². The Kier molecular flexibility index (Phi) is 2.05. The summed E-state index contributed by atoms with van der Waals surface area (Å²) < 4.78 is 0. The van der Waals surface area contributed by atoms with Crippen LogP contribution in [-0.2, 0) is 0 Å². The van der Waals surface area contributed by atoms with Gasteiger partial charge in [0.1, 0.15) is 0 Å². The first-order valence-electron chi connectivity index (χ1n) is 4.90. The number of hydrogen-bond acceptors (Lipinski definition) is 1. The summed E-state index contributed by atoms with van der Waals surface area (Å²) in [7, 11) is 0. The van der Waals surface area contributed by atoms with Gasteiger partial charge in [0.05, 0.1) is 0 Å². The van der Waals surface area contributed by atoms with Gasteiger partial charge in [-0.2, -0.15) is 0 Å². The van der Waals surface area contributed by atoms with Gasteiger partial charge in [-0.3, -0.25) is 0 Å². The molecule has 0 radical (unpaired) electrons. The summed E-state index contributed by atoms with van der Waals surface area (Å²) in [5.74, 6) is 0.713. The topological polar surface area (TPSA) is 12.0 Å². The zero-order valence-corrected chi connectivity index (χ0v) is 7.72. The molecular formula is C11H17N. The second kappa shape index (κ2) is 3.06. The highest BCUT2D eigenvalue weighted by atomic mass is 15.0. The molecule has 0 saturated carbocycles. The molecule has 2 rings (SSSR count). The van der Waals surface area contributed by atoms with E-state index in [4.69, 9.17) is 0 Å².